The van der Waals surface area contributed by atoms with Crippen molar-refractivity contribution < 1.29 is 4.74 Å². The molecule has 0 spiro atoms. The molecule has 0 heterocycles. The van der Waals surface area contributed by atoms with E-state index in [0.29, 0.717) is 6.61 Å². The normalized spacial score (nSPS) is 17.9. The van der Waals surface area contributed by atoms with Crippen molar-refractivity contribution in [3.63, 3.8) is 0 Å². The Morgan fingerprint density at radius 1 is 1.26 bits per heavy atom. The molecule has 2 aliphatic rings. The average Bonchev–Trinajstić information content (AvgIpc) is 2.71. The monoisotopic (exact) mass is 255 g/mol. The second-order valence-electron chi connectivity index (χ2n) is 4.15. The van der Waals surface area contributed by atoms with Crippen molar-refractivity contribution in [3.05, 3.63) is 71.5 Å². The lowest BCUT2D eigenvalue weighted by atomic mass is 10.0. The predicted molar refractivity (Wildman–Crippen MR) is 75.9 cm³/mol. The number of rotatable bonds is 4. The maximum Gasteiger partial charge on any atom is 0.138 e. The van der Waals surface area contributed by atoms with Crippen molar-refractivity contribution in [2.45, 2.75) is 13.3 Å². The minimum absolute atomic E-state index is 0.194. The molecule has 98 valence electrons. The maximum atomic E-state index is 5.65. The summed E-state index contributed by atoms with van der Waals surface area (Å²) in [5, 5.41) is 7.96. The van der Waals surface area contributed by atoms with Gasteiger partial charge in [0.25, 0.3) is 0 Å². The molecule has 0 amide bonds. The van der Waals surface area contributed by atoms with Crippen LogP contribution in [0.4, 0.5) is 0 Å². The summed E-state index contributed by atoms with van der Waals surface area (Å²) in [5.41, 5.74) is 8.41. The maximum absolute atomic E-state index is 5.65. The smallest absolute Gasteiger partial charge is 0.138 e. The van der Waals surface area contributed by atoms with E-state index in [2.05, 4.69) is 22.9 Å². The first-order chi connectivity index (χ1) is 9.20. The zero-order chi connectivity index (χ0) is 13.7. The molecule has 0 saturated heterocycles. The molecule has 0 fully saturated rings. The molecule has 0 aliphatic heterocycles. The van der Waals surface area contributed by atoms with Crippen LogP contribution in [0.25, 0.3) is 0 Å². The van der Waals surface area contributed by atoms with E-state index >= 15 is 0 Å². The van der Waals surface area contributed by atoms with Crippen molar-refractivity contribution in [1.29, 1.82) is 0 Å². The molecule has 4 nitrogen and oxygen atoms in total. The zero-order valence-electron chi connectivity index (χ0n) is 11.0. The summed E-state index contributed by atoms with van der Waals surface area (Å²) < 4.78 is 5.65. The van der Waals surface area contributed by atoms with E-state index in [1.165, 1.54) is 0 Å². The van der Waals surface area contributed by atoms with E-state index < -0.39 is 0 Å². The third kappa shape index (κ3) is 3.31. The first-order valence-electron chi connectivity index (χ1n) is 6.18. The van der Waals surface area contributed by atoms with E-state index in [4.69, 9.17) is 10.5 Å². The fourth-order valence-corrected chi connectivity index (χ4v) is 1.89. The summed E-state index contributed by atoms with van der Waals surface area (Å²) in [7, 11) is 0. The van der Waals surface area contributed by atoms with Crippen LogP contribution in [-0.4, -0.2) is 6.61 Å². The number of hydrogen-bond acceptors (Lipinski definition) is 4. The van der Waals surface area contributed by atoms with Gasteiger partial charge in [0.15, 0.2) is 0 Å². The predicted octanol–water partition coefficient (Wildman–Crippen LogP) is 3.50. The van der Waals surface area contributed by atoms with Gasteiger partial charge >= 0.3 is 0 Å². The topological polar surface area (TPSA) is 60.0 Å². The lowest BCUT2D eigenvalue weighted by molar-refractivity contribution is 0.237. The van der Waals surface area contributed by atoms with Gasteiger partial charge in [0.05, 0.1) is 12.3 Å². The van der Waals surface area contributed by atoms with Gasteiger partial charge in [0, 0.05) is 6.42 Å². The molecule has 2 rings (SSSR count). The fraction of sp³-hybridized carbons (Fsp3) is 0.200. The lowest BCUT2D eigenvalue weighted by Crippen LogP contribution is -1.96. The van der Waals surface area contributed by atoms with Gasteiger partial charge in [-0.15, -0.1) is 10.2 Å². The van der Waals surface area contributed by atoms with Crippen LogP contribution in [-0.2, 0) is 4.74 Å². The third-order valence-corrected chi connectivity index (χ3v) is 2.71. The number of nitrogens with zero attached hydrogens (tertiary/aromatic N) is 2. The number of hydrogen-bond donors (Lipinski definition) is 1. The Hall–Kier alpha value is -2.36. The first kappa shape index (κ1) is 13.1. The van der Waals surface area contributed by atoms with E-state index in [1.54, 1.807) is 0 Å². The zero-order valence-corrected chi connectivity index (χ0v) is 11.0. The minimum Gasteiger partial charge on any atom is -0.494 e. The number of fused-ring (bicyclic) bond motifs is 2. The highest BCUT2D eigenvalue weighted by Gasteiger charge is 2.16. The van der Waals surface area contributed by atoms with Crippen molar-refractivity contribution in [2.24, 2.45) is 16.0 Å². The van der Waals surface area contributed by atoms with Crippen LogP contribution < -0.4 is 5.73 Å². The van der Waals surface area contributed by atoms with Gasteiger partial charge in [0.2, 0.25) is 0 Å². The van der Waals surface area contributed by atoms with Crippen LogP contribution in [0.15, 0.2) is 81.7 Å². The van der Waals surface area contributed by atoms with E-state index in [1.807, 2.05) is 37.3 Å². The van der Waals surface area contributed by atoms with Crippen LogP contribution in [0.5, 0.6) is 0 Å². The quantitative estimate of drug-likeness (QED) is 0.781. The average molecular weight is 255 g/mol. The molecule has 2 aliphatic carbocycles. The highest BCUT2D eigenvalue weighted by Crippen LogP contribution is 2.31. The lowest BCUT2D eigenvalue weighted by Gasteiger charge is -2.10. The van der Waals surface area contributed by atoms with Crippen molar-refractivity contribution in [2.75, 3.05) is 6.61 Å². The summed E-state index contributed by atoms with van der Waals surface area (Å²) in [6.07, 6.45) is 12.6. The molecular weight excluding hydrogens is 238 g/mol. The first-order valence-corrected chi connectivity index (χ1v) is 6.18. The Balaban J connectivity index is 2.38. The standard InChI is InChI=1S/C15H17N3O/c1-3-19-15-9-8-14(18-17-11(2)16)12-6-4-5-7-13(15)10-12/h4-9H,2-3,10,16H2,1H3. The molecule has 2 bridgehead atoms. The molecule has 0 atom stereocenters. The largest absolute Gasteiger partial charge is 0.494 e. The summed E-state index contributed by atoms with van der Waals surface area (Å²) in [6, 6.07) is 0. The Labute approximate surface area is 113 Å². The molecule has 2 N–H and O–H groups in total. The van der Waals surface area contributed by atoms with Crippen LogP contribution in [0.3, 0.4) is 0 Å². The Morgan fingerprint density at radius 2 is 2.00 bits per heavy atom. The number of nitrogens with two attached hydrogens (primary N) is 1. The van der Waals surface area contributed by atoms with Gasteiger partial charge in [-0.3, -0.25) is 0 Å². The molecule has 0 saturated carbocycles. The van der Waals surface area contributed by atoms with Crippen LogP contribution >= 0.6 is 0 Å². The summed E-state index contributed by atoms with van der Waals surface area (Å²) in [5.74, 6) is 1.07. The van der Waals surface area contributed by atoms with E-state index in [-0.39, 0.29) is 5.82 Å². The third-order valence-electron chi connectivity index (χ3n) is 2.71. The molecule has 19 heavy (non-hydrogen) atoms. The molecule has 4 heteroatoms. The van der Waals surface area contributed by atoms with Gasteiger partial charge in [-0.2, -0.15) is 0 Å². The molecule has 0 aromatic carbocycles. The van der Waals surface area contributed by atoms with Crippen molar-refractivity contribution in [3.8, 4) is 0 Å². The Bertz CT molecular complexity index is 560. The number of ether oxygens (including phenoxy) is 1. The van der Waals surface area contributed by atoms with Gasteiger partial charge in [-0.25, -0.2) is 0 Å². The SMILES string of the molecule is C=C(N)N=NC1=CC=C(OCC)C2=CC=CC=C1C2. The number of allylic oxidation sites excluding steroid dienone is 8. The van der Waals surface area contributed by atoms with Crippen LogP contribution in [0, 0.1) is 0 Å². The number of azo groups is 1. The second-order valence-corrected chi connectivity index (χ2v) is 4.15. The minimum atomic E-state index is 0.194. The molecule has 0 radical (unpaired) electrons. The van der Waals surface area contributed by atoms with Gasteiger partial charge in [-0.1, -0.05) is 30.9 Å². The molecular formula is C15H17N3O. The van der Waals surface area contributed by atoms with Crippen molar-refractivity contribution >= 4 is 0 Å². The van der Waals surface area contributed by atoms with Crippen LogP contribution in [0.2, 0.25) is 0 Å². The van der Waals surface area contributed by atoms with Gasteiger partial charge < -0.3 is 10.5 Å². The van der Waals surface area contributed by atoms with E-state index in [0.717, 1.165) is 29.0 Å². The molecule has 0 unspecified atom stereocenters. The van der Waals surface area contributed by atoms with Gasteiger partial charge in [0.1, 0.15) is 11.6 Å². The summed E-state index contributed by atoms with van der Waals surface area (Å²) in [4.78, 5) is 0. The van der Waals surface area contributed by atoms with Gasteiger partial charge in [-0.05, 0) is 30.2 Å². The second kappa shape index (κ2) is 6.00. The Kier molecular flexibility index (Phi) is 4.13. The summed E-state index contributed by atoms with van der Waals surface area (Å²) >= 11 is 0. The highest BCUT2D eigenvalue weighted by molar-refractivity contribution is 5.49. The van der Waals surface area contributed by atoms with Crippen molar-refractivity contribution in [1.82, 2.24) is 0 Å². The van der Waals surface area contributed by atoms with E-state index in [9.17, 15) is 0 Å². The fourth-order valence-electron chi connectivity index (χ4n) is 1.89. The molecule has 0 aromatic rings. The summed E-state index contributed by atoms with van der Waals surface area (Å²) in [6.45, 7) is 6.12. The van der Waals surface area contributed by atoms with Crippen LogP contribution in [0.1, 0.15) is 13.3 Å². The highest BCUT2D eigenvalue weighted by atomic mass is 16.5. The molecule has 0 aromatic heterocycles. The Morgan fingerprint density at radius 3 is 2.68 bits per heavy atom.